The minimum Gasteiger partial charge on any atom is -0.461 e. The van der Waals surface area contributed by atoms with Crippen molar-refractivity contribution < 1.29 is 26.4 Å². The van der Waals surface area contributed by atoms with Crippen LogP contribution in [0, 0.1) is 5.92 Å². The first-order valence-electron chi connectivity index (χ1n) is 12.7. The summed E-state index contributed by atoms with van der Waals surface area (Å²) in [6, 6.07) is 17.8. The van der Waals surface area contributed by atoms with Crippen LogP contribution in [0.15, 0.2) is 82.7 Å². The van der Waals surface area contributed by atoms with Gasteiger partial charge in [-0.2, -0.15) is 8.42 Å². The van der Waals surface area contributed by atoms with Crippen molar-refractivity contribution in [3.63, 3.8) is 0 Å². The monoisotopic (exact) mass is 583 g/mol. The van der Waals surface area contributed by atoms with Gasteiger partial charge in [0.05, 0.1) is 15.7 Å². The van der Waals surface area contributed by atoms with E-state index in [0.717, 1.165) is 14.0 Å². The number of aromatic nitrogens is 3. The molecule has 13 heteroatoms. The first kappa shape index (κ1) is 27.7. The number of piperidine rings is 1. The maximum Gasteiger partial charge on any atom is 0.309 e. The van der Waals surface area contributed by atoms with E-state index in [1.165, 1.54) is 38.4 Å². The third kappa shape index (κ3) is 5.31. The van der Waals surface area contributed by atoms with Crippen LogP contribution in [0.3, 0.4) is 0 Å². The Morgan fingerprint density at radius 2 is 1.57 bits per heavy atom. The average Bonchev–Trinajstić information content (AvgIpc) is 3.37. The van der Waals surface area contributed by atoms with Gasteiger partial charge in [0.25, 0.3) is 10.0 Å². The van der Waals surface area contributed by atoms with Crippen LogP contribution in [0.4, 0.5) is 5.82 Å². The number of rotatable bonds is 8. The molecule has 0 unspecified atom stereocenters. The summed E-state index contributed by atoms with van der Waals surface area (Å²) in [5.41, 5.74) is 1.64. The van der Waals surface area contributed by atoms with Gasteiger partial charge in [0.1, 0.15) is 17.6 Å². The number of hydrogen-bond donors (Lipinski definition) is 0. The molecule has 0 saturated carbocycles. The summed E-state index contributed by atoms with van der Waals surface area (Å²) in [6.07, 6.45) is 2.63. The highest BCUT2D eigenvalue weighted by Gasteiger charge is 2.31. The first-order valence-corrected chi connectivity index (χ1v) is 15.5. The highest BCUT2D eigenvalue weighted by molar-refractivity contribution is 7.90. The van der Waals surface area contributed by atoms with E-state index in [-0.39, 0.29) is 28.3 Å². The van der Waals surface area contributed by atoms with Crippen molar-refractivity contribution in [1.29, 1.82) is 0 Å². The van der Waals surface area contributed by atoms with Gasteiger partial charge < -0.3 is 9.64 Å². The molecule has 40 heavy (non-hydrogen) atoms. The van der Waals surface area contributed by atoms with Gasteiger partial charge in [0, 0.05) is 33.4 Å². The number of nitrogens with zero attached hydrogens (tertiary/aromatic N) is 5. The van der Waals surface area contributed by atoms with Crippen molar-refractivity contribution >= 4 is 42.9 Å². The zero-order chi connectivity index (χ0) is 28.5. The van der Waals surface area contributed by atoms with E-state index in [1.807, 2.05) is 35.2 Å². The second-order valence-electron chi connectivity index (χ2n) is 9.66. The number of hydrogen-bond acceptors (Lipinski definition) is 9. The fourth-order valence-electron chi connectivity index (χ4n) is 4.57. The molecule has 3 heterocycles. The quantitative estimate of drug-likeness (QED) is 0.287. The second-order valence-corrected chi connectivity index (χ2v) is 13.6. The topological polar surface area (TPSA) is 132 Å². The average molecular weight is 584 g/mol. The predicted molar refractivity (Wildman–Crippen MR) is 149 cm³/mol. The summed E-state index contributed by atoms with van der Waals surface area (Å²) in [5, 5.41) is 4.46. The molecular weight excluding hydrogens is 554 g/mol. The van der Waals surface area contributed by atoms with Gasteiger partial charge in [-0.3, -0.25) is 9.78 Å². The van der Waals surface area contributed by atoms with Crippen LogP contribution >= 0.6 is 0 Å². The lowest BCUT2D eigenvalue weighted by Crippen LogP contribution is -2.37. The highest BCUT2D eigenvalue weighted by Crippen LogP contribution is 2.31. The molecule has 4 aromatic rings. The molecule has 210 valence electrons. The summed E-state index contributed by atoms with van der Waals surface area (Å²) in [4.78, 5) is 18.9. The van der Waals surface area contributed by atoms with Gasteiger partial charge in [-0.15, -0.1) is 9.19 Å². The number of carbonyl (C=O) groups excluding carboxylic acids is 1. The third-order valence-corrected chi connectivity index (χ3v) is 10.3. The van der Waals surface area contributed by atoms with Gasteiger partial charge in [0.15, 0.2) is 5.82 Å². The maximum atomic E-state index is 13.6. The minimum atomic E-state index is -4.17. The maximum absolute atomic E-state index is 13.6. The van der Waals surface area contributed by atoms with E-state index in [2.05, 4.69) is 10.1 Å². The molecule has 1 aliphatic heterocycles. The summed E-state index contributed by atoms with van der Waals surface area (Å²) < 4.78 is 59.5. The first-order chi connectivity index (χ1) is 19.1. The summed E-state index contributed by atoms with van der Waals surface area (Å²) in [7, 11) is -5.07. The Hall–Kier alpha value is -3.81. The Labute approximate surface area is 233 Å². The number of benzene rings is 2. The van der Waals surface area contributed by atoms with Crippen LogP contribution in [-0.2, 0) is 36.2 Å². The van der Waals surface area contributed by atoms with E-state index in [0.29, 0.717) is 42.8 Å². The van der Waals surface area contributed by atoms with Gasteiger partial charge >= 0.3 is 5.97 Å². The van der Waals surface area contributed by atoms with Crippen LogP contribution in [0.25, 0.3) is 11.0 Å². The molecule has 1 saturated heterocycles. The number of anilines is 1. The highest BCUT2D eigenvalue weighted by atomic mass is 32.2. The van der Waals surface area contributed by atoms with E-state index < -0.39 is 20.0 Å². The molecule has 0 N–H and O–H groups in total. The van der Waals surface area contributed by atoms with E-state index in [1.54, 1.807) is 18.3 Å². The molecule has 1 fully saturated rings. The molecule has 11 nitrogen and oxygen atoms in total. The van der Waals surface area contributed by atoms with Crippen molar-refractivity contribution in [3.8, 4) is 0 Å². The molecular formula is C27H29N5O6S2. The van der Waals surface area contributed by atoms with Crippen LogP contribution in [0.2, 0.25) is 0 Å². The SMILES string of the molecule is CN(C)S(=O)(=O)c1ccc(S(=O)(=O)n2nc(N3CCC(C(=O)OCc4ccccc4)CC3)c3ncccc32)cc1. The Kier molecular flexibility index (Phi) is 7.62. The standard InChI is InChI=1S/C27H29N5O6S2/c1-30(2)39(34,35)22-10-12-23(13-11-22)40(36,37)32-24-9-6-16-28-25(24)26(29-32)31-17-14-21(15-18-31)27(33)38-19-20-7-4-3-5-8-20/h3-13,16,21H,14-15,17-19H2,1-2H3. The lowest BCUT2D eigenvalue weighted by Gasteiger charge is -2.30. The number of sulfonamides is 1. The van der Waals surface area contributed by atoms with Crippen molar-refractivity contribution in [2.75, 3.05) is 32.1 Å². The van der Waals surface area contributed by atoms with Gasteiger partial charge in [-0.05, 0) is 54.8 Å². The van der Waals surface area contributed by atoms with Crippen LogP contribution < -0.4 is 4.90 Å². The Bertz CT molecular complexity index is 1730. The molecule has 1 aliphatic rings. The zero-order valence-electron chi connectivity index (χ0n) is 22.0. The number of esters is 1. The van der Waals surface area contributed by atoms with Crippen LogP contribution in [0.5, 0.6) is 0 Å². The number of ether oxygens (including phenoxy) is 1. The van der Waals surface area contributed by atoms with E-state index in [9.17, 15) is 21.6 Å². The van der Waals surface area contributed by atoms with Crippen LogP contribution in [-0.4, -0.2) is 68.5 Å². The van der Waals surface area contributed by atoms with E-state index >= 15 is 0 Å². The smallest absolute Gasteiger partial charge is 0.309 e. The van der Waals surface area contributed by atoms with E-state index in [4.69, 9.17) is 4.74 Å². The molecule has 2 aromatic carbocycles. The summed E-state index contributed by atoms with van der Waals surface area (Å²) in [5.74, 6) is -0.108. The fourth-order valence-corrected chi connectivity index (χ4v) is 6.75. The van der Waals surface area contributed by atoms with Crippen molar-refractivity contribution in [3.05, 3.63) is 78.5 Å². The number of carbonyl (C=O) groups is 1. The lowest BCUT2D eigenvalue weighted by atomic mass is 9.97. The molecule has 5 rings (SSSR count). The third-order valence-electron chi connectivity index (χ3n) is 6.87. The predicted octanol–water partition coefficient (Wildman–Crippen LogP) is 2.88. The van der Waals surface area contributed by atoms with Gasteiger partial charge in [-0.25, -0.2) is 12.7 Å². The zero-order valence-corrected chi connectivity index (χ0v) is 23.7. The molecule has 0 radical (unpaired) electrons. The molecule has 2 aromatic heterocycles. The molecule has 0 bridgehead atoms. The largest absolute Gasteiger partial charge is 0.461 e. The minimum absolute atomic E-state index is 0.0192. The Morgan fingerprint density at radius 3 is 2.23 bits per heavy atom. The Balaban J connectivity index is 1.35. The van der Waals surface area contributed by atoms with Crippen molar-refractivity contribution in [2.24, 2.45) is 5.92 Å². The molecule has 0 amide bonds. The van der Waals surface area contributed by atoms with Crippen molar-refractivity contribution in [1.82, 2.24) is 18.5 Å². The fraction of sp³-hybridized carbons (Fsp3) is 0.296. The van der Waals surface area contributed by atoms with Gasteiger partial charge in [0.2, 0.25) is 10.0 Å². The summed E-state index contributed by atoms with van der Waals surface area (Å²) in [6.45, 7) is 1.18. The van der Waals surface area contributed by atoms with Gasteiger partial charge in [-0.1, -0.05) is 30.3 Å². The summed E-state index contributed by atoms with van der Waals surface area (Å²) >= 11 is 0. The second kappa shape index (κ2) is 11.0. The Morgan fingerprint density at radius 1 is 0.925 bits per heavy atom. The molecule has 0 spiro atoms. The molecule has 0 aliphatic carbocycles. The van der Waals surface area contributed by atoms with Crippen molar-refractivity contribution in [2.45, 2.75) is 29.2 Å². The normalized spacial score (nSPS) is 15.0. The lowest BCUT2D eigenvalue weighted by molar-refractivity contribution is -0.150. The number of fused-ring (bicyclic) bond motifs is 1. The molecule has 0 atom stereocenters. The number of pyridine rings is 1. The van der Waals surface area contributed by atoms with Crippen LogP contribution in [0.1, 0.15) is 18.4 Å².